The zero-order valence-corrected chi connectivity index (χ0v) is 18.2. The second kappa shape index (κ2) is 8.00. The molecule has 0 amide bonds. The van der Waals surface area contributed by atoms with E-state index in [2.05, 4.69) is 0 Å². The van der Waals surface area contributed by atoms with Gasteiger partial charge in [0.25, 0.3) is 0 Å². The van der Waals surface area contributed by atoms with Crippen LogP contribution >= 0.6 is 0 Å². The number of aromatic hydroxyl groups is 1. The van der Waals surface area contributed by atoms with Crippen molar-refractivity contribution in [3.05, 3.63) is 90.0 Å². The fourth-order valence-electron chi connectivity index (χ4n) is 4.44. The summed E-state index contributed by atoms with van der Waals surface area (Å²) in [5.74, 6) is 1.16. The molecular formula is C25H22O6S. The highest BCUT2D eigenvalue weighted by atomic mass is 32.2. The number of para-hydroxylation sites is 1. The summed E-state index contributed by atoms with van der Waals surface area (Å²) < 4.78 is 43.3. The van der Waals surface area contributed by atoms with E-state index in [9.17, 15) is 13.5 Å². The molecule has 0 aliphatic carbocycles. The number of methoxy groups -OCH3 is 1. The van der Waals surface area contributed by atoms with Gasteiger partial charge in [-0.05, 0) is 58.7 Å². The Morgan fingerprint density at radius 1 is 0.844 bits per heavy atom. The molecule has 0 aromatic heterocycles. The van der Waals surface area contributed by atoms with Gasteiger partial charge in [0.05, 0.1) is 13.2 Å². The van der Waals surface area contributed by atoms with E-state index in [4.69, 9.17) is 13.7 Å². The average Bonchev–Trinajstić information content (AvgIpc) is 3.40. The number of fused-ring (bicyclic) bond motifs is 2. The maximum Gasteiger partial charge on any atom is 0.315 e. The summed E-state index contributed by atoms with van der Waals surface area (Å²) >= 11 is 0. The lowest BCUT2D eigenvalue weighted by Gasteiger charge is -2.24. The van der Waals surface area contributed by atoms with Gasteiger partial charge in [-0.1, -0.05) is 42.5 Å². The molecule has 0 spiro atoms. The maximum atomic E-state index is 13.2. The normalized spacial score (nSPS) is 22.2. The number of phenolic OH excluding ortho intramolecular Hbond substituents is 1. The molecule has 1 fully saturated rings. The second-order valence-electron chi connectivity index (χ2n) is 7.81. The molecule has 3 aromatic rings. The number of ether oxygens (including phenoxy) is 2. The van der Waals surface area contributed by atoms with Crippen molar-refractivity contribution >= 4 is 21.3 Å². The third-order valence-electron chi connectivity index (χ3n) is 5.90. The van der Waals surface area contributed by atoms with Crippen LogP contribution < -0.4 is 8.92 Å². The van der Waals surface area contributed by atoms with Crippen molar-refractivity contribution in [2.24, 2.45) is 0 Å². The topological polar surface area (TPSA) is 82.1 Å². The lowest BCUT2D eigenvalue weighted by molar-refractivity contribution is 0.128. The number of hydrogen-bond donors (Lipinski definition) is 1. The summed E-state index contributed by atoms with van der Waals surface area (Å²) in [7, 11) is -2.34. The van der Waals surface area contributed by atoms with Gasteiger partial charge in [0.2, 0.25) is 0 Å². The van der Waals surface area contributed by atoms with Crippen LogP contribution in [0.25, 0.3) is 11.1 Å². The molecule has 2 aliphatic heterocycles. The first-order chi connectivity index (χ1) is 15.5. The third-order valence-corrected chi connectivity index (χ3v) is 7.50. The Labute approximate surface area is 186 Å². The fraction of sp³-hybridized carbons (Fsp3) is 0.200. The smallest absolute Gasteiger partial charge is 0.315 e. The lowest BCUT2D eigenvalue weighted by Crippen LogP contribution is -2.35. The lowest BCUT2D eigenvalue weighted by atomic mass is 9.83. The van der Waals surface area contributed by atoms with E-state index in [1.807, 2.05) is 36.4 Å². The van der Waals surface area contributed by atoms with E-state index in [0.717, 1.165) is 22.3 Å². The van der Waals surface area contributed by atoms with Gasteiger partial charge in [0, 0.05) is 6.42 Å². The first kappa shape index (κ1) is 20.6. The van der Waals surface area contributed by atoms with Crippen LogP contribution in [0.15, 0.2) is 78.9 Å². The van der Waals surface area contributed by atoms with Gasteiger partial charge in [-0.15, -0.1) is 0 Å². The van der Waals surface area contributed by atoms with Gasteiger partial charge in [0.15, 0.2) is 0 Å². The molecule has 6 nitrogen and oxygen atoms in total. The highest BCUT2D eigenvalue weighted by Gasteiger charge is 2.53. The monoisotopic (exact) mass is 450 g/mol. The predicted octanol–water partition coefficient (Wildman–Crippen LogP) is 4.26. The molecular weight excluding hydrogens is 428 g/mol. The molecule has 0 saturated carbocycles. The Morgan fingerprint density at radius 3 is 2.12 bits per heavy atom. The van der Waals surface area contributed by atoms with E-state index >= 15 is 0 Å². The SMILES string of the molecule is COc1ccc(C2=C(c3ccc(O)cc3)[C@H]3C[C@H](S(=O)(=O)Oc4ccccc4)[C@@H]2O3)cc1. The quantitative estimate of drug-likeness (QED) is 0.565. The first-order valence-electron chi connectivity index (χ1n) is 10.3. The van der Waals surface area contributed by atoms with Crippen molar-refractivity contribution in [3.63, 3.8) is 0 Å². The highest BCUT2D eigenvalue weighted by Crippen LogP contribution is 2.51. The summed E-state index contributed by atoms with van der Waals surface area (Å²) in [5, 5.41) is 8.88. The number of rotatable bonds is 6. The highest BCUT2D eigenvalue weighted by molar-refractivity contribution is 7.87. The van der Waals surface area contributed by atoms with Crippen molar-refractivity contribution in [3.8, 4) is 17.2 Å². The molecule has 7 heteroatoms. The van der Waals surface area contributed by atoms with Crippen LogP contribution in [0.3, 0.4) is 0 Å². The van der Waals surface area contributed by atoms with Crippen molar-refractivity contribution in [1.82, 2.24) is 0 Å². The number of hydrogen-bond acceptors (Lipinski definition) is 6. The van der Waals surface area contributed by atoms with Crippen LogP contribution in [0.5, 0.6) is 17.2 Å². The van der Waals surface area contributed by atoms with Gasteiger partial charge in [-0.2, -0.15) is 8.42 Å². The summed E-state index contributed by atoms with van der Waals surface area (Å²) in [6.07, 6.45) is -0.748. The van der Waals surface area contributed by atoms with E-state index in [1.165, 1.54) is 0 Å². The molecule has 164 valence electrons. The Hall–Kier alpha value is -3.29. The van der Waals surface area contributed by atoms with Crippen LogP contribution in [0.2, 0.25) is 0 Å². The molecule has 2 bridgehead atoms. The molecule has 2 heterocycles. The largest absolute Gasteiger partial charge is 0.508 e. The fourth-order valence-corrected chi connectivity index (χ4v) is 5.85. The van der Waals surface area contributed by atoms with Gasteiger partial charge in [-0.3, -0.25) is 0 Å². The number of phenols is 1. The Balaban J connectivity index is 1.57. The summed E-state index contributed by atoms with van der Waals surface area (Å²) in [4.78, 5) is 0. The molecule has 3 aromatic carbocycles. The van der Waals surface area contributed by atoms with Gasteiger partial charge in [0.1, 0.15) is 28.6 Å². The van der Waals surface area contributed by atoms with Crippen molar-refractivity contribution < 1.29 is 27.2 Å². The molecule has 1 saturated heterocycles. The van der Waals surface area contributed by atoms with Crippen molar-refractivity contribution in [2.75, 3.05) is 7.11 Å². The minimum absolute atomic E-state index is 0.168. The summed E-state index contributed by atoms with van der Waals surface area (Å²) in [6.45, 7) is 0. The van der Waals surface area contributed by atoms with Gasteiger partial charge in [-0.25, -0.2) is 0 Å². The molecule has 0 radical (unpaired) electrons. The molecule has 1 N–H and O–H groups in total. The minimum Gasteiger partial charge on any atom is -0.508 e. The predicted molar refractivity (Wildman–Crippen MR) is 121 cm³/mol. The maximum absolute atomic E-state index is 13.2. The van der Waals surface area contributed by atoms with Crippen LogP contribution in [0.1, 0.15) is 17.5 Å². The van der Waals surface area contributed by atoms with E-state index in [1.54, 1.807) is 49.6 Å². The van der Waals surface area contributed by atoms with Crippen LogP contribution in [0.4, 0.5) is 0 Å². The van der Waals surface area contributed by atoms with E-state index in [0.29, 0.717) is 12.2 Å². The van der Waals surface area contributed by atoms with E-state index in [-0.39, 0.29) is 17.6 Å². The standard InChI is InChI=1S/C25H22O6S/c1-29-19-13-9-17(10-14-19)24-23(16-7-11-18(26)12-8-16)21-15-22(25(24)30-21)32(27,28)31-20-5-3-2-4-6-20/h2-14,21-22,25-26H,15H2,1H3/t21-,22+,25+/m1/s1. The molecule has 2 aliphatic rings. The Morgan fingerprint density at radius 2 is 1.47 bits per heavy atom. The Kier molecular flexibility index (Phi) is 5.15. The molecule has 32 heavy (non-hydrogen) atoms. The van der Waals surface area contributed by atoms with Crippen LogP contribution in [-0.4, -0.2) is 38.1 Å². The zero-order chi connectivity index (χ0) is 22.3. The van der Waals surface area contributed by atoms with Crippen LogP contribution in [-0.2, 0) is 14.9 Å². The van der Waals surface area contributed by atoms with E-state index < -0.39 is 21.5 Å². The Bertz CT molecular complexity index is 1250. The molecule has 3 atom stereocenters. The molecule has 5 rings (SSSR count). The summed E-state index contributed by atoms with van der Waals surface area (Å²) in [6, 6.07) is 22.9. The minimum atomic E-state index is -3.93. The second-order valence-corrected chi connectivity index (χ2v) is 9.57. The first-order valence-corrected chi connectivity index (χ1v) is 11.7. The zero-order valence-electron chi connectivity index (χ0n) is 17.3. The van der Waals surface area contributed by atoms with Crippen LogP contribution in [0, 0.1) is 0 Å². The summed E-state index contributed by atoms with van der Waals surface area (Å²) in [5.41, 5.74) is 3.51. The number of benzene rings is 3. The molecule has 0 unspecified atom stereocenters. The average molecular weight is 451 g/mol. The van der Waals surface area contributed by atoms with Gasteiger partial charge >= 0.3 is 10.1 Å². The van der Waals surface area contributed by atoms with Crippen molar-refractivity contribution in [1.29, 1.82) is 0 Å². The third kappa shape index (κ3) is 3.63. The van der Waals surface area contributed by atoms with Crippen molar-refractivity contribution in [2.45, 2.75) is 23.9 Å². The van der Waals surface area contributed by atoms with Gasteiger partial charge < -0.3 is 18.8 Å².